The molecular formula is C105H101BN5O14P2S2+5. The molecule has 1 unspecified atom stereocenters. The van der Waals surface area contributed by atoms with Gasteiger partial charge in [0.25, 0.3) is 43.8 Å². The smallest absolute Gasteiger partial charge is 0.435 e. The third-order valence-electron chi connectivity index (χ3n) is 22.7. The summed E-state index contributed by atoms with van der Waals surface area (Å²) >= 11 is -1.96. The van der Waals surface area contributed by atoms with E-state index in [1.54, 1.807) is 39.8 Å². The number of aryl methyl sites for hydroxylation is 11. The Bertz CT molecular complexity index is 6570. The van der Waals surface area contributed by atoms with Crippen molar-refractivity contribution in [3.8, 4) is 34.5 Å². The van der Waals surface area contributed by atoms with E-state index >= 15 is 0 Å². The predicted octanol–water partition coefficient (Wildman–Crippen LogP) is 18.0. The second-order valence-electron chi connectivity index (χ2n) is 32.2. The van der Waals surface area contributed by atoms with E-state index in [1.807, 2.05) is 140 Å². The first-order chi connectivity index (χ1) is 62.1. The lowest BCUT2D eigenvalue weighted by Crippen LogP contribution is -2.51. The average molecular weight is 1790 g/mol. The number of phosphoric acid groups is 1. The number of rotatable bonds is 15. The molecule has 19 rings (SSSR count). The molecule has 19 nitrogen and oxygen atoms in total. The van der Waals surface area contributed by atoms with Crippen LogP contribution in [-0.2, 0) is 25.8 Å². The maximum atomic E-state index is 11.5. The van der Waals surface area contributed by atoms with Crippen molar-refractivity contribution in [3.05, 3.63) is 386 Å². The fourth-order valence-corrected chi connectivity index (χ4v) is 21.1. The second kappa shape index (κ2) is 40.1. The van der Waals surface area contributed by atoms with Crippen LogP contribution in [0, 0.1) is 76.2 Å². The lowest BCUT2D eigenvalue weighted by Gasteiger charge is -2.19. The Labute approximate surface area is 758 Å². The molecule has 5 aliphatic heterocycles. The molecule has 0 aliphatic carbocycles. The van der Waals surface area contributed by atoms with Gasteiger partial charge in [0.05, 0.1) is 32.7 Å². The Morgan fingerprint density at radius 3 is 0.891 bits per heavy atom. The summed E-state index contributed by atoms with van der Waals surface area (Å²) in [6.45, 7) is 23.2. The van der Waals surface area contributed by atoms with Crippen LogP contribution < -0.4 is 60.5 Å². The summed E-state index contributed by atoms with van der Waals surface area (Å²) in [6.07, 6.45) is 10.4. The summed E-state index contributed by atoms with van der Waals surface area (Å²) in [4.78, 5) is 18.5. The average Bonchev–Trinajstić information content (AvgIpc) is 0.781. The summed E-state index contributed by atoms with van der Waals surface area (Å²) in [7, 11) is -9.39. The number of benzene rings is 14. The standard InChI is InChI=1S/C27H23BNO.C27H23NOP.C17H18NO5P.C17H17NO4S.C17H17NO3S/c1-21-9-8-10-22-19-29(20-30-27(21)22)26-17-15-25(16-18-26)28(23-11-4-2-5-12-23)24-13-6-3-7-14-24;1-21-9-8-10-22-19-28(20-29-27(21)22)23-15-17-26(18-16-23)30(24-11-4-2-5-12-24)25-13-6-3-7-14-25;1-11-5-4-6-14-9-18(10-22-17(11)14)15-7-12(2)16(13(3)8-15)23-24(19,20)21;1-11-5-4-6-14-9-18(10-22-16(11)14)15-7-12(2)17(13(3)8-15)23(19,20)21;1-11-5-4-6-14-9-18(10-21-16(11)14)15-7-12(2)17(22(19)20)13(3)8-15/h2*2-19H,20H2,1H3;4-9H,10H2,1-3H3,(H-,19,20,21);4-9H,10H2,1-3H3;4-9H,10H2,1-3H3/q2*+1;;;/p+3. The first kappa shape index (κ1) is 90.7. The van der Waals surface area contributed by atoms with Crippen molar-refractivity contribution in [3.63, 3.8) is 0 Å². The van der Waals surface area contributed by atoms with Crippen LogP contribution in [0.2, 0.25) is 0 Å². The molecular weight excluding hydrogens is 1690 g/mol. The minimum absolute atomic E-state index is 0.0320. The first-order valence-corrected chi connectivity index (χ1v) is 47.6. The molecule has 0 radical (unpaired) electrons. The van der Waals surface area contributed by atoms with Crippen molar-refractivity contribution in [1.82, 2.24) is 0 Å². The monoisotopic (exact) mass is 1790 g/mol. The molecule has 5 heterocycles. The zero-order valence-corrected chi connectivity index (χ0v) is 77.0. The van der Waals surface area contributed by atoms with Crippen molar-refractivity contribution in [1.29, 1.82) is 0 Å². The summed E-state index contributed by atoms with van der Waals surface area (Å²) in [5.74, 6) is 4.84. The van der Waals surface area contributed by atoms with Crippen molar-refractivity contribution in [2.75, 3.05) is 33.7 Å². The maximum Gasteiger partial charge on any atom is 0.524 e. The van der Waals surface area contributed by atoms with E-state index in [0.717, 1.165) is 113 Å². The van der Waals surface area contributed by atoms with Gasteiger partial charge in [-0.3, -0.25) is 14.3 Å². The molecule has 0 saturated heterocycles. The number of nitrogens with zero attached hydrogens (tertiary/aromatic N) is 5. The van der Waals surface area contributed by atoms with E-state index in [-0.39, 0.29) is 17.4 Å². The van der Waals surface area contributed by atoms with E-state index < -0.39 is 36.9 Å². The molecule has 1 atom stereocenters. The molecule has 0 aromatic heterocycles. The molecule has 650 valence electrons. The Hall–Kier alpha value is -13.1. The van der Waals surface area contributed by atoms with Crippen LogP contribution in [0.15, 0.2) is 307 Å². The normalized spacial score (nSPS) is 13.5. The van der Waals surface area contributed by atoms with Crippen LogP contribution in [0.25, 0.3) is 0 Å². The number of ether oxygens (including phenoxy) is 5. The molecule has 14 aromatic carbocycles. The minimum Gasteiger partial charge on any atom is -0.435 e. The van der Waals surface area contributed by atoms with E-state index in [2.05, 4.69) is 248 Å². The van der Waals surface area contributed by atoms with Gasteiger partial charge in [-0.2, -0.15) is 31.3 Å². The highest BCUT2D eigenvalue weighted by atomic mass is 32.2. The fraction of sp³-hybridized carbons (Fsp3) is 0.152. The highest BCUT2D eigenvalue weighted by Gasteiger charge is 2.31. The molecule has 0 bridgehead atoms. The van der Waals surface area contributed by atoms with Gasteiger partial charge in [-0.25, -0.2) is 8.77 Å². The summed E-state index contributed by atoms with van der Waals surface area (Å²) < 4.78 is 109. The van der Waals surface area contributed by atoms with Gasteiger partial charge < -0.3 is 32.8 Å². The zero-order valence-electron chi connectivity index (χ0n) is 73.6. The van der Waals surface area contributed by atoms with E-state index in [9.17, 15) is 26.3 Å². The van der Waals surface area contributed by atoms with Gasteiger partial charge in [-0.1, -0.05) is 211 Å². The SMILES string of the molecule is Cc1cc([N+]2=Cc3cccc(C)c3OC2)cc(C)c1OP(=O)(O)O.Cc1cccc2c1OC[N+](c1cc(C)c(S(=O)(=O)O)c(C)c1)=C2.Cc1cccc2c1OC[N+](c1cc(C)c(S(=O)O)c(C)c1)=C2.Cc1cccc2c1OC[N+](c1ccc(B(c3ccccc3)c3ccccc3)cc1)=C2.Cc1cccc2c1OC[N+](c1ccc(P(c3ccccc3)c3ccccc3)cc1)=C2. The van der Waals surface area contributed by atoms with Gasteiger partial charge in [0.15, 0.2) is 42.2 Å². The molecule has 129 heavy (non-hydrogen) atoms. The Morgan fingerprint density at radius 2 is 0.597 bits per heavy atom. The number of para-hydroxylation sites is 5. The summed E-state index contributed by atoms with van der Waals surface area (Å²) in [5, 5.41) is 4.08. The first-order valence-electron chi connectivity index (χ1n) is 42.1. The Balaban J connectivity index is 0.000000125. The largest absolute Gasteiger partial charge is 0.524 e. The van der Waals surface area contributed by atoms with Gasteiger partial charge in [0.2, 0.25) is 35.1 Å². The van der Waals surface area contributed by atoms with Crippen LogP contribution in [-0.4, -0.2) is 126 Å². The highest BCUT2D eigenvalue weighted by Crippen LogP contribution is 2.43. The van der Waals surface area contributed by atoms with Crippen LogP contribution in [0.5, 0.6) is 34.5 Å². The second-order valence-corrected chi connectivity index (χ2v) is 37.9. The van der Waals surface area contributed by atoms with E-state index in [0.29, 0.717) is 60.8 Å². The van der Waals surface area contributed by atoms with Gasteiger partial charge in [-0.05, 0) is 204 Å². The van der Waals surface area contributed by atoms with Crippen LogP contribution in [0.3, 0.4) is 0 Å². The lowest BCUT2D eigenvalue weighted by atomic mass is 9.37. The summed E-state index contributed by atoms with van der Waals surface area (Å²) in [6, 6.07) is 102. The molecule has 24 heteroatoms. The third kappa shape index (κ3) is 21.5. The minimum atomic E-state index is -4.58. The van der Waals surface area contributed by atoms with Gasteiger partial charge in [-0.15, -0.1) is 0 Å². The molecule has 4 N–H and O–H groups in total. The molecule has 5 aliphatic rings. The number of phosphoric ester groups is 1. The van der Waals surface area contributed by atoms with Crippen LogP contribution >= 0.6 is 15.7 Å². The third-order valence-corrected chi connectivity index (χ3v) is 27.7. The molecule has 0 amide bonds. The maximum absolute atomic E-state index is 11.5. The van der Waals surface area contributed by atoms with Crippen molar-refractivity contribution >= 4 is 135 Å². The zero-order chi connectivity index (χ0) is 90.8. The van der Waals surface area contributed by atoms with Crippen molar-refractivity contribution in [2.45, 2.75) is 86.0 Å². The number of fused-ring (bicyclic) bond motifs is 5. The molecule has 0 fully saturated rings. The molecule has 0 saturated carbocycles. The predicted molar refractivity (Wildman–Crippen MR) is 517 cm³/mol. The van der Waals surface area contributed by atoms with Crippen LogP contribution in [0.1, 0.15) is 89.0 Å². The quantitative estimate of drug-likeness (QED) is 0.0247. The Kier molecular flexibility index (Phi) is 28.2. The van der Waals surface area contributed by atoms with E-state index in [1.165, 1.54) is 43.4 Å². The summed E-state index contributed by atoms with van der Waals surface area (Å²) in [5.41, 5.74) is 23.6. The molecule has 14 aromatic rings. The van der Waals surface area contributed by atoms with E-state index in [4.69, 9.17) is 38.0 Å². The van der Waals surface area contributed by atoms with Crippen molar-refractivity contribution < 1.29 is 87.2 Å². The number of hydrogen-bond donors (Lipinski definition) is 4. The molecule has 0 spiro atoms. The lowest BCUT2D eigenvalue weighted by molar-refractivity contribution is -0.476. The fourth-order valence-electron chi connectivity index (χ4n) is 16.7. The van der Waals surface area contributed by atoms with Gasteiger partial charge >= 0.3 is 7.82 Å². The van der Waals surface area contributed by atoms with Crippen molar-refractivity contribution in [2.24, 2.45) is 0 Å². The van der Waals surface area contributed by atoms with Gasteiger partial charge in [0, 0.05) is 60.7 Å². The van der Waals surface area contributed by atoms with Gasteiger partial charge in [0.1, 0.15) is 39.4 Å². The Morgan fingerprint density at radius 1 is 0.333 bits per heavy atom. The number of hydrogen-bond acceptors (Lipinski definition) is 10. The highest BCUT2D eigenvalue weighted by molar-refractivity contribution is 7.86. The van der Waals surface area contributed by atoms with Crippen LogP contribution in [0.4, 0.5) is 28.4 Å². The topological polar surface area (TPSA) is 220 Å².